The molecule has 11 N–H and O–H groups in total. The minimum absolute atomic E-state index is 0.0185. The first-order valence-corrected chi connectivity index (χ1v) is 28.9. The van der Waals surface area contributed by atoms with Crippen LogP contribution in [-0.4, -0.2) is 79.8 Å². The van der Waals surface area contributed by atoms with Crippen molar-refractivity contribution in [2.24, 2.45) is 23.5 Å². The van der Waals surface area contributed by atoms with Crippen LogP contribution in [0.5, 0.6) is 17.2 Å². The van der Waals surface area contributed by atoms with Gasteiger partial charge >= 0.3 is 5.97 Å². The summed E-state index contributed by atoms with van der Waals surface area (Å²) in [5.41, 5.74) is 11.0. The Kier molecular flexibility index (Phi) is 13.9. The smallest absolute Gasteiger partial charge is 0.337 e. The number of fused-ring (bicyclic) bond motifs is 9. The molecule has 3 saturated carbocycles. The fourth-order valence-electron chi connectivity index (χ4n) is 15.9. The average Bonchev–Trinajstić information content (AvgIpc) is 3.84. The van der Waals surface area contributed by atoms with Crippen molar-refractivity contribution >= 4 is 16.9 Å². The van der Waals surface area contributed by atoms with Crippen molar-refractivity contribution < 1.29 is 49.3 Å². The van der Waals surface area contributed by atoms with Crippen LogP contribution in [0.15, 0.2) is 116 Å². The van der Waals surface area contributed by atoms with Gasteiger partial charge in [0.1, 0.15) is 58.1 Å². The summed E-state index contributed by atoms with van der Waals surface area (Å²) in [6.07, 6.45) is 15.4. The molecule has 418 valence electrons. The quantitative estimate of drug-likeness (QED) is 0.0564. The molecule has 4 aliphatic carbocycles. The zero-order chi connectivity index (χ0) is 55.1. The van der Waals surface area contributed by atoms with E-state index < -0.39 is 71.0 Å². The first kappa shape index (κ1) is 53.3. The van der Waals surface area contributed by atoms with Gasteiger partial charge in [-0.25, -0.2) is 4.79 Å². The SMILES string of the molecule is CC=C(C(=O)OC1Cc2c3c(c4oc(CO)cc(=O)c4c2O)C2C4=CCNC(N)=C4C(CCc4ccc(O)cc4C2CO)C2CCC4=CC(NCC)NC=C4CC2C1(C)O3)C1(O)CCC(c2cccc(C3(O)CCCCC3)c2)C1. The summed E-state index contributed by atoms with van der Waals surface area (Å²) < 4.78 is 21.4. The van der Waals surface area contributed by atoms with Gasteiger partial charge in [-0.3, -0.25) is 10.1 Å². The third kappa shape index (κ3) is 8.99. The number of hydrogen-bond acceptors (Lipinski definition) is 15. The van der Waals surface area contributed by atoms with Crippen LogP contribution in [-0.2, 0) is 34.6 Å². The molecule has 4 bridgehead atoms. The largest absolute Gasteiger partial charge is 0.508 e. The number of carbonyl (C=O) groups excluding carboxylic acids is 1. The van der Waals surface area contributed by atoms with Gasteiger partial charge in [-0.1, -0.05) is 68.7 Å². The maximum atomic E-state index is 15.5. The van der Waals surface area contributed by atoms with Crippen LogP contribution in [0.1, 0.15) is 155 Å². The summed E-state index contributed by atoms with van der Waals surface area (Å²) in [6, 6.07) is 14.5. The molecule has 8 aliphatic rings. The third-order valence-electron chi connectivity index (χ3n) is 19.8. The molecule has 12 rings (SSSR count). The second kappa shape index (κ2) is 20.6. The molecule has 10 unspecified atom stereocenters. The van der Waals surface area contributed by atoms with Gasteiger partial charge in [0.05, 0.1) is 29.5 Å². The van der Waals surface area contributed by atoms with Gasteiger partial charge in [0, 0.05) is 54.1 Å². The lowest BCUT2D eigenvalue weighted by atomic mass is 9.61. The fraction of sp³-hybridized carbons (Fsp3) is 0.500. The van der Waals surface area contributed by atoms with E-state index in [0.29, 0.717) is 74.9 Å². The highest BCUT2D eigenvalue weighted by Gasteiger charge is 2.58. The summed E-state index contributed by atoms with van der Waals surface area (Å²) in [7, 11) is 0. The van der Waals surface area contributed by atoms with Crippen LogP contribution in [0.25, 0.3) is 11.0 Å². The molecule has 0 saturated heterocycles. The molecule has 1 aromatic heterocycles. The van der Waals surface area contributed by atoms with E-state index in [4.69, 9.17) is 19.6 Å². The van der Waals surface area contributed by atoms with E-state index in [-0.39, 0.29) is 76.1 Å². The highest BCUT2D eigenvalue weighted by Crippen LogP contribution is 2.61. The molecule has 3 aromatic carbocycles. The third-order valence-corrected chi connectivity index (χ3v) is 19.8. The van der Waals surface area contributed by atoms with Crippen molar-refractivity contribution in [1.29, 1.82) is 0 Å². The second-order valence-corrected chi connectivity index (χ2v) is 24.0. The van der Waals surface area contributed by atoms with Gasteiger partial charge < -0.3 is 60.9 Å². The van der Waals surface area contributed by atoms with Gasteiger partial charge in [0.15, 0.2) is 5.43 Å². The molecular formula is C64H76N4O11. The van der Waals surface area contributed by atoms with Gasteiger partial charge in [-0.15, -0.1) is 0 Å². The van der Waals surface area contributed by atoms with Crippen LogP contribution in [0.2, 0.25) is 0 Å². The number of allylic oxidation sites excluding steroid dienone is 5. The molecule has 15 nitrogen and oxygen atoms in total. The van der Waals surface area contributed by atoms with E-state index in [2.05, 4.69) is 47.3 Å². The number of esters is 1. The molecule has 0 radical (unpaired) electrons. The number of aliphatic hydroxyl groups excluding tert-OH is 2. The van der Waals surface area contributed by atoms with E-state index in [1.165, 1.54) is 5.57 Å². The van der Waals surface area contributed by atoms with Crippen molar-refractivity contribution in [3.8, 4) is 17.2 Å². The minimum atomic E-state index is -1.56. The predicted octanol–water partition coefficient (Wildman–Crippen LogP) is 8.00. The Morgan fingerprint density at radius 1 is 0.987 bits per heavy atom. The number of aryl methyl sites for hydroxylation is 1. The van der Waals surface area contributed by atoms with Crippen LogP contribution >= 0.6 is 0 Å². The predicted molar refractivity (Wildman–Crippen MR) is 299 cm³/mol. The zero-order valence-electron chi connectivity index (χ0n) is 45.6. The van der Waals surface area contributed by atoms with Crippen molar-refractivity contribution in [2.45, 2.75) is 164 Å². The molecule has 4 aromatic rings. The van der Waals surface area contributed by atoms with Crippen molar-refractivity contribution in [3.63, 3.8) is 0 Å². The van der Waals surface area contributed by atoms with Gasteiger partial charge in [-0.05, 0) is 165 Å². The van der Waals surface area contributed by atoms with Gasteiger partial charge in [0.2, 0.25) is 0 Å². The standard InChI is InChI=1S/C64H76N4O11/c1-4-48(64(76)22-18-37(30-64)35-10-9-11-39(24-35)63(75)20-7-6-8-21-63)61(74)78-51-29-46-57(73)55-50(72)28-41(32-69)77-59(55)56-53-44-19-23-67-60(65)54(44)43(17-13-34-12-15-40(71)27-45(34)47(53)33-70)42-16-14-36-26-52(66-5-2)68-31-38(36)25-49(42)62(51,3)79-58(46)56/h4,9-12,15,19,24,26-28,31,37,42-43,47,49,51-53,66-71,73,75-76H,5-8,13-14,16-18,20-23,25,29-30,32-33,65H2,1-3H3. The molecule has 3 fully saturated rings. The maximum Gasteiger partial charge on any atom is 0.337 e. The first-order chi connectivity index (χ1) is 38.1. The Labute approximate surface area is 461 Å². The fourth-order valence-corrected chi connectivity index (χ4v) is 15.9. The normalized spacial score (nSPS) is 30.9. The first-order valence-electron chi connectivity index (χ1n) is 28.9. The number of ether oxygens (including phenoxy) is 2. The Bertz CT molecular complexity index is 3330. The van der Waals surface area contributed by atoms with Crippen molar-refractivity contribution in [1.82, 2.24) is 16.0 Å². The monoisotopic (exact) mass is 1080 g/mol. The summed E-state index contributed by atoms with van der Waals surface area (Å²) in [6.45, 7) is 5.87. The number of phenols is 2. The number of phenolic OH excluding ortho intramolecular Hbond substituents is 2. The number of likely N-dealkylation sites (N-methyl/N-ethyl adjacent to an activating group) is 1. The number of rotatable bonds is 9. The van der Waals surface area contributed by atoms with Crippen LogP contribution < -0.4 is 31.8 Å². The molecule has 15 heteroatoms. The van der Waals surface area contributed by atoms with E-state index in [1.807, 2.05) is 31.2 Å². The Morgan fingerprint density at radius 3 is 2.58 bits per heavy atom. The number of nitrogens with one attached hydrogen (secondary N) is 3. The molecule has 10 atom stereocenters. The lowest BCUT2D eigenvalue weighted by molar-refractivity contribution is -0.171. The van der Waals surface area contributed by atoms with Gasteiger partial charge in [-0.2, -0.15) is 0 Å². The number of aromatic hydroxyl groups is 2. The van der Waals surface area contributed by atoms with Crippen molar-refractivity contribution in [2.75, 3.05) is 19.7 Å². The Balaban J connectivity index is 1.05. The Hall–Kier alpha value is -6.36. The number of carbonyl (C=O) groups is 1. The summed E-state index contributed by atoms with van der Waals surface area (Å²) in [5, 5.41) is 81.5. The minimum Gasteiger partial charge on any atom is -0.508 e. The van der Waals surface area contributed by atoms with E-state index in [1.54, 1.807) is 25.1 Å². The van der Waals surface area contributed by atoms with E-state index in [9.17, 15) is 35.4 Å². The summed E-state index contributed by atoms with van der Waals surface area (Å²) in [4.78, 5) is 30.1. The molecule has 79 heavy (non-hydrogen) atoms. The number of benzene rings is 3. The molecule has 4 aliphatic heterocycles. The highest BCUT2D eigenvalue weighted by molar-refractivity contribution is 5.93. The number of nitrogens with two attached hydrogens (primary N) is 1. The average molecular weight is 1080 g/mol. The topological polar surface area (TPSA) is 249 Å². The number of aliphatic hydroxyl groups is 4. The number of dihydropyridines is 2. The van der Waals surface area contributed by atoms with E-state index >= 15 is 4.79 Å². The van der Waals surface area contributed by atoms with Gasteiger partial charge in [0.25, 0.3) is 0 Å². The highest BCUT2D eigenvalue weighted by atomic mass is 16.6. The maximum absolute atomic E-state index is 15.5. The van der Waals surface area contributed by atoms with Crippen molar-refractivity contribution in [3.05, 3.63) is 156 Å². The summed E-state index contributed by atoms with van der Waals surface area (Å²) in [5.74, 6) is -3.11. The molecule has 5 heterocycles. The lowest BCUT2D eigenvalue weighted by Gasteiger charge is -2.52. The molecular weight excluding hydrogens is 1000 g/mol. The lowest BCUT2D eigenvalue weighted by Crippen LogP contribution is -2.59. The summed E-state index contributed by atoms with van der Waals surface area (Å²) >= 11 is 0. The Morgan fingerprint density at radius 2 is 1.81 bits per heavy atom. The van der Waals surface area contributed by atoms with Crippen LogP contribution in [0, 0.1) is 17.8 Å². The molecule has 0 spiro atoms. The zero-order valence-corrected chi connectivity index (χ0v) is 45.6. The van der Waals surface area contributed by atoms with E-state index in [0.717, 1.165) is 71.7 Å². The van der Waals surface area contributed by atoms with Crippen LogP contribution in [0.3, 0.4) is 0 Å². The second-order valence-electron chi connectivity index (χ2n) is 24.0. The number of hydrogen-bond donors (Lipinski definition) is 10. The molecule has 0 amide bonds. The van der Waals surface area contributed by atoms with Crippen LogP contribution in [0.4, 0.5) is 0 Å².